The molecule has 0 saturated carbocycles. The van der Waals surface area contributed by atoms with Gasteiger partial charge in [0.15, 0.2) is 16.8 Å². The normalized spacial score (nSPS) is 10.6. The van der Waals surface area contributed by atoms with Gasteiger partial charge in [-0.3, -0.25) is 4.79 Å². The third kappa shape index (κ3) is 5.11. The molecule has 1 aromatic heterocycles. The van der Waals surface area contributed by atoms with Crippen molar-refractivity contribution in [2.45, 2.75) is 11.8 Å². The molecule has 8 heteroatoms. The van der Waals surface area contributed by atoms with Gasteiger partial charge in [0, 0.05) is 17.1 Å². The van der Waals surface area contributed by atoms with Crippen LogP contribution in [0.3, 0.4) is 0 Å². The number of hydrogen-bond acceptors (Lipinski definition) is 6. The Hall–Kier alpha value is -2.32. The minimum atomic E-state index is 0.0262. The van der Waals surface area contributed by atoms with E-state index in [9.17, 15) is 4.79 Å². The van der Waals surface area contributed by atoms with Gasteiger partial charge in [0.2, 0.25) is 0 Å². The molecular formula is C19H18BrN3O3S. The van der Waals surface area contributed by atoms with Crippen molar-refractivity contribution in [3.63, 3.8) is 0 Å². The van der Waals surface area contributed by atoms with Gasteiger partial charge < -0.3 is 14.0 Å². The van der Waals surface area contributed by atoms with Crippen molar-refractivity contribution in [3.05, 3.63) is 64.4 Å². The first-order chi connectivity index (χ1) is 13.1. The lowest BCUT2D eigenvalue weighted by atomic mass is 10.1. The summed E-state index contributed by atoms with van der Waals surface area (Å²) in [6, 6.07) is 14.7. The first-order valence-electron chi connectivity index (χ1n) is 8.13. The second-order valence-electron chi connectivity index (χ2n) is 5.64. The van der Waals surface area contributed by atoms with Crippen molar-refractivity contribution in [1.29, 1.82) is 0 Å². The van der Waals surface area contributed by atoms with Crippen molar-refractivity contribution in [1.82, 2.24) is 14.8 Å². The molecule has 0 amide bonds. The molecule has 0 aliphatic rings. The fraction of sp³-hybridized carbons (Fsp3) is 0.211. The lowest BCUT2D eigenvalue weighted by Gasteiger charge is -2.07. The Morgan fingerprint density at radius 2 is 1.74 bits per heavy atom. The maximum absolute atomic E-state index is 12.3. The minimum Gasteiger partial charge on any atom is -0.497 e. The average molecular weight is 448 g/mol. The van der Waals surface area contributed by atoms with Gasteiger partial charge in [0.25, 0.3) is 0 Å². The number of nitrogens with zero attached hydrogens (tertiary/aromatic N) is 3. The summed E-state index contributed by atoms with van der Waals surface area (Å²) in [5.41, 5.74) is 0.643. The van der Waals surface area contributed by atoms with Crippen LogP contribution >= 0.6 is 27.7 Å². The van der Waals surface area contributed by atoms with E-state index in [4.69, 9.17) is 9.47 Å². The summed E-state index contributed by atoms with van der Waals surface area (Å²) in [7, 11) is 3.46. The van der Waals surface area contributed by atoms with Crippen LogP contribution in [0.5, 0.6) is 11.5 Å². The molecule has 0 aliphatic carbocycles. The van der Waals surface area contributed by atoms with Crippen molar-refractivity contribution < 1.29 is 14.3 Å². The van der Waals surface area contributed by atoms with E-state index in [2.05, 4.69) is 26.1 Å². The molecule has 0 radical (unpaired) electrons. The Morgan fingerprint density at radius 1 is 1.07 bits per heavy atom. The number of thioether (sulfide) groups is 1. The highest BCUT2D eigenvalue weighted by Gasteiger charge is 2.13. The molecule has 2 aromatic carbocycles. The number of Topliss-reactive ketones (excluding diaryl/α,β-unsaturated/α-hetero) is 1. The molecule has 0 N–H and O–H groups in total. The van der Waals surface area contributed by atoms with Crippen LogP contribution in [0.1, 0.15) is 16.2 Å². The van der Waals surface area contributed by atoms with Gasteiger partial charge >= 0.3 is 0 Å². The number of hydrogen-bond donors (Lipinski definition) is 0. The number of carbonyl (C=O) groups excluding carboxylic acids is 1. The average Bonchev–Trinajstić information content (AvgIpc) is 3.05. The molecule has 0 bridgehead atoms. The summed E-state index contributed by atoms with van der Waals surface area (Å²) in [5, 5.41) is 8.98. The van der Waals surface area contributed by atoms with Gasteiger partial charge in [-0.2, -0.15) is 0 Å². The SMILES string of the molecule is COc1ccc(C(=O)CSc2nnc(COc3ccc(Br)cc3)n2C)cc1. The molecule has 140 valence electrons. The van der Waals surface area contributed by atoms with Gasteiger partial charge in [-0.05, 0) is 48.5 Å². The summed E-state index contributed by atoms with van der Waals surface area (Å²) in [6.45, 7) is 0.304. The van der Waals surface area contributed by atoms with Crippen LogP contribution < -0.4 is 9.47 Å². The molecule has 27 heavy (non-hydrogen) atoms. The number of carbonyl (C=O) groups is 1. The number of ketones is 1. The largest absolute Gasteiger partial charge is 0.497 e. The summed E-state index contributed by atoms with van der Waals surface area (Å²) >= 11 is 4.74. The number of benzene rings is 2. The Balaban J connectivity index is 1.56. The number of methoxy groups -OCH3 is 1. The summed E-state index contributed by atoms with van der Waals surface area (Å²) in [6.07, 6.45) is 0. The van der Waals surface area contributed by atoms with Gasteiger partial charge in [0.05, 0.1) is 12.9 Å². The van der Waals surface area contributed by atoms with Crippen molar-refractivity contribution in [2.24, 2.45) is 7.05 Å². The molecule has 0 aliphatic heterocycles. The third-order valence-electron chi connectivity index (χ3n) is 3.85. The zero-order chi connectivity index (χ0) is 19.2. The highest BCUT2D eigenvalue weighted by atomic mass is 79.9. The molecule has 6 nitrogen and oxygen atoms in total. The highest BCUT2D eigenvalue weighted by Crippen LogP contribution is 2.20. The predicted molar refractivity (Wildman–Crippen MR) is 108 cm³/mol. The maximum atomic E-state index is 12.3. The molecule has 0 unspecified atom stereocenters. The number of ether oxygens (including phenoxy) is 2. The molecule has 0 fully saturated rings. The zero-order valence-corrected chi connectivity index (χ0v) is 17.3. The van der Waals surface area contributed by atoms with E-state index >= 15 is 0 Å². The Kier molecular flexibility index (Phi) is 6.52. The van der Waals surface area contributed by atoms with Crippen LogP contribution in [-0.4, -0.2) is 33.4 Å². The molecular weight excluding hydrogens is 430 g/mol. The molecule has 3 rings (SSSR count). The first-order valence-corrected chi connectivity index (χ1v) is 9.91. The fourth-order valence-corrected chi connectivity index (χ4v) is 3.35. The molecule has 0 atom stereocenters. The number of rotatable bonds is 8. The fourth-order valence-electron chi connectivity index (χ4n) is 2.27. The van der Waals surface area contributed by atoms with Crippen LogP contribution in [0.15, 0.2) is 58.2 Å². The molecule has 1 heterocycles. The number of halogens is 1. The van der Waals surface area contributed by atoms with Crippen LogP contribution in [0, 0.1) is 0 Å². The van der Waals surface area contributed by atoms with Crippen molar-refractivity contribution in [2.75, 3.05) is 12.9 Å². The van der Waals surface area contributed by atoms with Gasteiger partial charge in [-0.1, -0.05) is 27.7 Å². The second-order valence-corrected chi connectivity index (χ2v) is 7.50. The monoisotopic (exact) mass is 447 g/mol. The smallest absolute Gasteiger partial charge is 0.191 e. The Morgan fingerprint density at radius 3 is 2.41 bits per heavy atom. The number of aromatic nitrogens is 3. The minimum absolute atomic E-state index is 0.0262. The molecule has 3 aromatic rings. The first kappa shape index (κ1) is 19.4. The topological polar surface area (TPSA) is 66.2 Å². The standard InChI is InChI=1S/C19H18BrN3O3S/c1-23-18(11-26-16-9-5-14(20)6-10-16)21-22-19(23)27-12-17(24)13-3-7-15(25-2)8-4-13/h3-10H,11-12H2,1-2H3. The summed E-state index contributed by atoms with van der Waals surface area (Å²) in [5.74, 6) is 2.48. The Bertz CT molecular complexity index is 911. The summed E-state index contributed by atoms with van der Waals surface area (Å²) in [4.78, 5) is 12.3. The van der Waals surface area contributed by atoms with Crippen LogP contribution in [0.2, 0.25) is 0 Å². The van der Waals surface area contributed by atoms with E-state index in [0.717, 1.165) is 16.0 Å². The van der Waals surface area contributed by atoms with Crippen LogP contribution in [0.4, 0.5) is 0 Å². The van der Waals surface area contributed by atoms with E-state index in [1.165, 1.54) is 11.8 Å². The summed E-state index contributed by atoms with van der Waals surface area (Å²) < 4.78 is 13.7. The predicted octanol–water partition coefficient (Wildman–Crippen LogP) is 4.14. The zero-order valence-electron chi connectivity index (χ0n) is 14.9. The quantitative estimate of drug-likeness (QED) is 0.381. The molecule has 0 saturated heterocycles. The van der Waals surface area contributed by atoms with E-state index in [0.29, 0.717) is 23.2 Å². The lowest BCUT2D eigenvalue weighted by Crippen LogP contribution is -2.06. The highest BCUT2D eigenvalue weighted by molar-refractivity contribution is 9.10. The van der Waals surface area contributed by atoms with E-state index in [1.54, 1.807) is 31.4 Å². The van der Waals surface area contributed by atoms with Crippen LogP contribution in [0.25, 0.3) is 0 Å². The van der Waals surface area contributed by atoms with E-state index in [-0.39, 0.29) is 11.5 Å². The third-order valence-corrected chi connectivity index (χ3v) is 5.40. The van der Waals surface area contributed by atoms with Gasteiger partial charge in [-0.25, -0.2) is 0 Å². The van der Waals surface area contributed by atoms with E-state index in [1.807, 2.05) is 35.9 Å². The Labute approximate surface area is 170 Å². The maximum Gasteiger partial charge on any atom is 0.191 e. The van der Waals surface area contributed by atoms with Crippen LogP contribution in [-0.2, 0) is 13.7 Å². The van der Waals surface area contributed by atoms with Gasteiger partial charge in [-0.15, -0.1) is 10.2 Å². The van der Waals surface area contributed by atoms with Gasteiger partial charge in [0.1, 0.15) is 18.1 Å². The lowest BCUT2D eigenvalue weighted by molar-refractivity contribution is 0.102. The van der Waals surface area contributed by atoms with E-state index < -0.39 is 0 Å². The molecule has 0 spiro atoms. The second kappa shape index (κ2) is 9.05. The van der Waals surface area contributed by atoms with Crippen molar-refractivity contribution in [3.8, 4) is 11.5 Å². The van der Waals surface area contributed by atoms with Crippen molar-refractivity contribution >= 4 is 33.5 Å².